The van der Waals surface area contributed by atoms with Crippen LogP contribution in [0, 0.1) is 12.8 Å². The Morgan fingerprint density at radius 1 is 1.18 bits per heavy atom. The van der Waals surface area contributed by atoms with Gasteiger partial charge in [0.15, 0.2) is 0 Å². The first-order valence-corrected chi connectivity index (χ1v) is 7.88. The van der Waals surface area contributed by atoms with Crippen molar-refractivity contribution in [1.29, 1.82) is 0 Å². The summed E-state index contributed by atoms with van der Waals surface area (Å²) in [4.78, 5) is 28.3. The first kappa shape index (κ1) is 15.0. The molecule has 0 unspecified atom stereocenters. The standard InChI is InChI=1S/C17H22N2O3/c1-12-2-4-14(5-3-12)19-11-13(10-16(19)21)17(22)18-8-6-15(20)7-9-18/h2-5,13,15,20H,6-11H2,1H3/t13-/m0/s1. The molecule has 3 rings (SSSR count). The van der Waals surface area contributed by atoms with Crippen LogP contribution in [0.2, 0.25) is 0 Å². The highest BCUT2D eigenvalue weighted by Crippen LogP contribution is 2.27. The average molecular weight is 302 g/mol. The van der Waals surface area contributed by atoms with E-state index in [0.29, 0.717) is 32.5 Å². The van der Waals surface area contributed by atoms with Crippen LogP contribution >= 0.6 is 0 Å². The number of hydrogen-bond acceptors (Lipinski definition) is 3. The Morgan fingerprint density at radius 2 is 1.82 bits per heavy atom. The predicted molar refractivity (Wildman–Crippen MR) is 83.5 cm³/mol. The number of amides is 2. The number of benzene rings is 1. The van der Waals surface area contributed by atoms with E-state index in [1.807, 2.05) is 31.2 Å². The average Bonchev–Trinajstić information content (AvgIpc) is 2.90. The lowest BCUT2D eigenvalue weighted by Crippen LogP contribution is -2.43. The van der Waals surface area contributed by atoms with Crippen LogP contribution in [0.1, 0.15) is 24.8 Å². The van der Waals surface area contributed by atoms with Crippen LogP contribution in [0.3, 0.4) is 0 Å². The van der Waals surface area contributed by atoms with Gasteiger partial charge < -0.3 is 14.9 Å². The number of rotatable bonds is 2. The van der Waals surface area contributed by atoms with Crippen LogP contribution in [0.5, 0.6) is 0 Å². The number of carbonyl (C=O) groups is 2. The summed E-state index contributed by atoms with van der Waals surface area (Å²) >= 11 is 0. The number of anilines is 1. The summed E-state index contributed by atoms with van der Waals surface area (Å²) in [6, 6.07) is 7.81. The molecule has 2 aliphatic rings. The molecule has 0 spiro atoms. The maximum atomic E-state index is 12.5. The molecule has 5 nitrogen and oxygen atoms in total. The van der Waals surface area contributed by atoms with E-state index >= 15 is 0 Å². The van der Waals surface area contributed by atoms with E-state index < -0.39 is 0 Å². The number of nitrogens with zero attached hydrogens (tertiary/aromatic N) is 2. The minimum Gasteiger partial charge on any atom is -0.393 e. The zero-order valence-corrected chi connectivity index (χ0v) is 12.9. The van der Waals surface area contributed by atoms with Gasteiger partial charge >= 0.3 is 0 Å². The largest absolute Gasteiger partial charge is 0.393 e. The molecule has 2 amide bonds. The van der Waals surface area contributed by atoms with E-state index in [2.05, 4.69) is 0 Å². The van der Waals surface area contributed by atoms with Gasteiger partial charge in [-0.25, -0.2) is 0 Å². The van der Waals surface area contributed by atoms with Crippen molar-refractivity contribution in [1.82, 2.24) is 4.90 Å². The molecule has 0 aromatic heterocycles. The third-order valence-corrected chi connectivity index (χ3v) is 4.60. The zero-order valence-electron chi connectivity index (χ0n) is 12.9. The summed E-state index contributed by atoms with van der Waals surface area (Å²) in [5.74, 6) is -0.196. The number of aliphatic hydroxyl groups excluding tert-OH is 1. The Hall–Kier alpha value is -1.88. The Morgan fingerprint density at radius 3 is 2.45 bits per heavy atom. The fourth-order valence-corrected chi connectivity index (χ4v) is 3.19. The van der Waals surface area contributed by atoms with Crippen molar-refractivity contribution in [2.45, 2.75) is 32.3 Å². The number of hydrogen-bond donors (Lipinski definition) is 1. The lowest BCUT2D eigenvalue weighted by Gasteiger charge is -2.31. The number of piperidine rings is 1. The zero-order chi connectivity index (χ0) is 15.7. The Balaban J connectivity index is 1.66. The van der Waals surface area contributed by atoms with Gasteiger partial charge in [-0.05, 0) is 31.9 Å². The summed E-state index contributed by atoms with van der Waals surface area (Å²) < 4.78 is 0. The van der Waals surface area contributed by atoms with Gasteiger partial charge in [0.2, 0.25) is 11.8 Å². The van der Waals surface area contributed by atoms with Gasteiger partial charge in [-0.2, -0.15) is 0 Å². The summed E-state index contributed by atoms with van der Waals surface area (Å²) in [7, 11) is 0. The van der Waals surface area contributed by atoms with Crippen LogP contribution in [0.15, 0.2) is 24.3 Å². The monoisotopic (exact) mass is 302 g/mol. The molecule has 0 aliphatic carbocycles. The van der Waals surface area contributed by atoms with Gasteiger partial charge in [-0.15, -0.1) is 0 Å². The molecule has 0 saturated carbocycles. The fourth-order valence-electron chi connectivity index (χ4n) is 3.19. The summed E-state index contributed by atoms with van der Waals surface area (Å²) in [5, 5.41) is 9.53. The second kappa shape index (κ2) is 6.08. The first-order chi connectivity index (χ1) is 10.5. The lowest BCUT2D eigenvalue weighted by atomic mass is 10.0. The normalized spacial score (nSPS) is 23.2. The topological polar surface area (TPSA) is 60.9 Å². The molecule has 2 fully saturated rings. The van der Waals surface area contributed by atoms with Crippen LogP contribution in [0.4, 0.5) is 5.69 Å². The van der Waals surface area contributed by atoms with Gasteiger partial charge in [0.25, 0.3) is 0 Å². The van der Waals surface area contributed by atoms with Crippen molar-refractivity contribution in [2.75, 3.05) is 24.5 Å². The Labute approximate surface area is 130 Å². The number of aliphatic hydroxyl groups is 1. The molecule has 1 aromatic rings. The predicted octanol–water partition coefficient (Wildman–Crippen LogP) is 1.33. The van der Waals surface area contributed by atoms with E-state index in [1.54, 1.807) is 9.80 Å². The van der Waals surface area contributed by atoms with Crippen molar-refractivity contribution in [3.63, 3.8) is 0 Å². The molecule has 0 radical (unpaired) electrons. The molecule has 2 saturated heterocycles. The van der Waals surface area contributed by atoms with Crippen LogP contribution in [-0.2, 0) is 9.59 Å². The van der Waals surface area contributed by atoms with Gasteiger partial charge in [0, 0.05) is 31.7 Å². The maximum Gasteiger partial charge on any atom is 0.228 e. The van der Waals surface area contributed by atoms with E-state index in [9.17, 15) is 14.7 Å². The van der Waals surface area contributed by atoms with Crippen LogP contribution in [0.25, 0.3) is 0 Å². The second-order valence-corrected chi connectivity index (χ2v) is 6.30. The molecule has 1 N–H and O–H groups in total. The van der Waals surface area contributed by atoms with Gasteiger partial charge in [-0.1, -0.05) is 17.7 Å². The van der Waals surface area contributed by atoms with E-state index in [0.717, 1.165) is 11.3 Å². The lowest BCUT2D eigenvalue weighted by molar-refractivity contribution is -0.137. The molecule has 1 atom stereocenters. The molecule has 2 heterocycles. The molecule has 5 heteroatoms. The maximum absolute atomic E-state index is 12.5. The van der Waals surface area contributed by atoms with Gasteiger partial charge in [0.05, 0.1) is 12.0 Å². The van der Waals surface area contributed by atoms with Crippen molar-refractivity contribution in [3.05, 3.63) is 29.8 Å². The molecular weight excluding hydrogens is 280 g/mol. The first-order valence-electron chi connectivity index (χ1n) is 7.88. The SMILES string of the molecule is Cc1ccc(N2C[C@@H](C(=O)N3CCC(O)CC3)CC2=O)cc1. The highest BCUT2D eigenvalue weighted by atomic mass is 16.3. The Kier molecular flexibility index (Phi) is 4.16. The molecule has 22 heavy (non-hydrogen) atoms. The fraction of sp³-hybridized carbons (Fsp3) is 0.529. The van der Waals surface area contributed by atoms with Gasteiger partial charge in [0.1, 0.15) is 0 Å². The number of aryl methyl sites for hydroxylation is 1. The quantitative estimate of drug-likeness (QED) is 0.896. The molecule has 2 aliphatic heterocycles. The minimum absolute atomic E-state index is 0.0132. The van der Waals surface area contributed by atoms with Crippen LogP contribution < -0.4 is 4.90 Å². The minimum atomic E-state index is -0.293. The number of carbonyl (C=O) groups excluding carboxylic acids is 2. The van der Waals surface area contributed by atoms with Crippen LogP contribution in [-0.4, -0.2) is 47.6 Å². The number of likely N-dealkylation sites (tertiary alicyclic amines) is 1. The van der Waals surface area contributed by atoms with Gasteiger partial charge in [-0.3, -0.25) is 9.59 Å². The molecule has 118 valence electrons. The summed E-state index contributed by atoms with van der Waals surface area (Å²) in [6.45, 7) is 3.65. The van der Waals surface area contributed by atoms with Crippen molar-refractivity contribution in [3.8, 4) is 0 Å². The van der Waals surface area contributed by atoms with E-state index in [1.165, 1.54) is 0 Å². The second-order valence-electron chi connectivity index (χ2n) is 6.30. The van der Waals surface area contributed by atoms with Crippen molar-refractivity contribution in [2.24, 2.45) is 5.92 Å². The third-order valence-electron chi connectivity index (χ3n) is 4.60. The Bertz CT molecular complexity index is 562. The summed E-state index contributed by atoms with van der Waals surface area (Å²) in [6.07, 6.45) is 1.26. The van der Waals surface area contributed by atoms with E-state index in [-0.39, 0.29) is 30.3 Å². The van der Waals surface area contributed by atoms with Crippen molar-refractivity contribution < 1.29 is 14.7 Å². The highest BCUT2D eigenvalue weighted by Gasteiger charge is 2.37. The third kappa shape index (κ3) is 2.99. The van der Waals surface area contributed by atoms with E-state index in [4.69, 9.17) is 0 Å². The highest BCUT2D eigenvalue weighted by molar-refractivity contribution is 6.00. The molecule has 1 aromatic carbocycles. The smallest absolute Gasteiger partial charge is 0.228 e. The summed E-state index contributed by atoms with van der Waals surface area (Å²) in [5.41, 5.74) is 2.01. The molecular formula is C17H22N2O3. The molecule has 0 bridgehead atoms. The van der Waals surface area contributed by atoms with Crippen molar-refractivity contribution >= 4 is 17.5 Å².